The van der Waals surface area contributed by atoms with Crippen molar-refractivity contribution in [2.24, 2.45) is 0 Å². The molecule has 1 N–H and O–H groups in total. The van der Waals surface area contributed by atoms with E-state index >= 15 is 0 Å². The molecule has 0 saturated carbocycles. The molecule has 88 valence electrons. The molecule has 2 aliphatic rings. The first-order valence-corrected chi connectivity index (χ1v) is 7.34. The fourth-order valence-electron chi connectivity index (χ4n) is 2.85. The molecular formula is C12H24N2S. The Morgan fingerprint density at radius 2 is 2.07 bits per heavy atom. The van der Waals surface area contributed by atoms with Crippen LogP contribution in [0.3, 0.4) is 0 Å². The number of thioether (sulfide) groups is 1. The van der Waals surface area contributed by atoms with Gasteiger partial charge in [0.25, 0.3) is 0 Å². The van der Waals surface area contributed by atoms with Crippen LogP contribution in [0.2, 0.25) is 0 Å². The van der Waals surface area contributed by atoms with E-state index in [4.69, 9.17) is 0 Å². The minimum atomic E-state index is 0.667. The summed E-state index contributed by atoms with van der Waals surface area (Å²) < 4.78 is 0. The van der Waals surface area contributed by atoms with Crippen molar-refractivity contribution >= 4 is 11.8 Å². The highest BCUT2D eigenvalue weighted by Gasteiger charge is 2.33. The van der Waals surface area contributed by atoms with Crippen LogP contribution in [0, 0.1) is 0 Å². The van der Waals surface area contributed by atoms with E-state index in [1.165, 1.54) is 25.1 Å². The molecule has 0 aromatic carbocycles. The lowest BCUT2D eigenvalue weighted by Crippen LogP contribution is -2.59. The van der Waals surface area contributed by atoms with Crippen LogP contribution >= 0.6 is 11.8 Å². The van der Waals surface area contributed by atoms with Crippen molar-refractivity contribution < 1.29 is 0 Å². The lowest BCUT2D eigenvalue weighted by molar-refractivity contribution is 0.0882. The summed E-state index contributed by atoms with van der Waals surface area (Å²) in [5.41, 5.74) is 0. The number of rotatable bonds is 1. The van der Waals surface area contributed by atoms with Gasteiger partial charge < -0.3 is 5.32 Å². The van der Waals surface area contributed by atoms with Crippen molar-refractivity contribution in [3.63, 3.8) is 0 Å². The van der Waals surface area contributed by atoms with Gasteiger partial charge in [0.05, 0.1) is 0 Å². The van der Waals surface area contributed by atoms with E-state index in [0.29, 0.717) is 12.1 Å². The van der Waals surface area contributed by atoms with Crippen molar-refractivity contribution in [2.45, 2.75) is 57.0 Å². The summed E-state index contributed by atoms with van der Waals surface area (Å²) in [5, 5.41) is 4.39. The first-order chi connectivity index (χ1) is 7.18. The molecule has 0 amide bonds. The molecule has 0 aliphatic carbocycles. The number of hydrogen-bond acceptors (Lipinski definition) is 3. The van der Waals surface area contributed by atoms with Gasteiger partial charge >= 0.3 is 0 Å². The molecule has 15 heavy (non-hydrogen) atoms. The number of nitrogens with one attached hydrogen (secondary N) is 1. The lowest BCUT2D eigenvalue weighted by atomic mass is 10.0. The zero-order chi connectivity index (χ0) is 10.8. The van der Waals surface area contributed by atoms with Crippen molar-refractivity contribution in [1.82, 2.24) is 10.2 Å². The minimum absolute atomic E-state index is 0.667. The molecule has 3 heteroatoms. The van der Waals surface area contributed by atoms with Crippen molar-refractivity contribution in [1.29, 1.82) is 0 Å². The van der Waals surface area contributed by atoms with Crippen LogP contribution in [-0.2, 0) is 0 Å². The van der Waals surface area contributed by atoms with Gasteiger partial charge in [-0.2, -0.15) is 11.8 Å². The molecule has 2 saturated heterocycles. The molecule has 2 nitrogen and oxygen atoms in total. The van der Waals surface area contributed by atoms with Crippen LogP contribution < -0.4 is 5.32 Å². The van der Waals surface area contributed by atoms with Gasteiger partial charge in [-0.3, -0.25) is 4.90 Å². The summed E-state index contributed by atoms with van der Waals surface area (Å²) in [5.74, 6) is 1.37. The Labute approximate surface area is 98.2 Å². The fourth-order valence-corrected chi connectivity index (χ4v) is 4.07. The Bertz CT molecular complexity index is 210. The quantitative estimate of drug-likeness (QED) is 0.738. The van der Waals surface area contributed by atoms with E-state index < -0.39 is 0 Å². The maximum absolute atomic E-state index is 3.57. The molecule has 2 rings (SSSR count). The highest BCUT2D eigenvalue weighted by Crippen LogP contribution is 2.30. The molecule has 0 aromatic heterocycles. The van der Waals surface area contributed by atoms with Crippen molar-refractivity contribution in [3.05, 3.63) is 0 Å². The van der Waals surface area contributed by atoms with Crippen LogP contribution in [0.15, 0.2) is 0 Å². The molecule has 4 unspecified atom stereocenters. The number of nitrogens with zero attached hydrogens (tertiary/aromatic N) is 1. The maximum Gasteiger partial charge on any atom is 0.0216 e. The standard InChI is InChI=1S/C12H24N2S/c1-9-8-14(10(2)7-13-9)12-5-4-6-15-11(12)3/h9-13H,4-8H2,1-3H3. The SMILES string of the molecule is CC1CN(C2CCCSC2C)C(C)CN1. The summed E-state index contributed by atoms with van der Waals surface area (Å²) in [6.07, 6.45) is 2.82. The van der Waals surface area contributed by atoms with Crippen LogP contribution in [-0.4, -0.2) is 47.1 Å². The topological polar surface area (TPSA) is 15.3 Å². The number of hydrogen-bond donors (Lipinski definition) is 1. The number of piperazine rings is 1. The zero-order valence-electron chi connectivity index (χ0n) is 10.2. The second kappa shape index (κ2) is 5.07. The zero-order valence-corrected chi connectivity index (χ0v) is 11.0. The van der Waals surface area contributed by atoms with Crippen molar-refractivity contribution in [2.75, 3.05) is 18.8 Å². The Morgan fingerprint density at radius 3 is 2.80 bits per heavy atom. The molecular weight excluding hydrogens is 204 g/mol. The summed E-state index contributed by atoms with van der Waals surface area (Å²) in [6, 6.07) is 2.20. The molecule has 0 spiro atoms. The third-order valence-corrected chi connectivity index (χ3v) is 5.17. The average molecular weight is 228 g/mol. The molecule has 2 heterocycles. The smallest absolute Gasteiger partial charge is 0.0216 e. The van der Waals surface area contributed by atoms with E-state index in [0.717, 1.165) is 17.8 Å². The highest BCUT2D eigenvalue weighted by molar-refractivity contribution is 7.99. The molecule has 0 radical (unpaired) electrons. The van der Waals surface area contributed by atoms with Crippen LogP contribution in [0.4, 0.5) is 0 Å². The monoisotopic (exact) mass is 228 g/mol. The Hall–Kier alpha value is 0.270. The third kappa shape index (κ3) is 2.69. The van der Waals surface area contributed by atoms with Gasteiger partial charge in [-0.1, -0.05) is 6.92 Å². The first kappa shape index (κ1) is 11.7. The molecule has 0 bridgehead atoms. The van der Waals surface area contributed by atoms with Crippen LogP contribution in [0.5, 0.6) is 0 Å². The highest BCUT2D eigenvalue weighted by atomic mass is 32.2. The Balaban J connectivity index is 1.99. The summed E-state index contributed by atoms with van der Waals surface area (Å²) in [4.78, 5) is 2.75. The van der Waals surface area contributed by atoms with Gasteiger partial charge in [0.1, 0.15) is 0 Å². The van der Waals surface area contributed by atoms with Gasteiger partial charge in [0.2, 0.25) is 0 Å². The molecule has 2 aliphatic heterocycles. The van der Waals surface area contributed by atoms with Gasteiger partial charge in [-0.15, -0.1) is 0 Å². The predicted molar refractivity (Wildman–Crippen MR) is 68.6 cm³/mol. The molecule has 2 fully saturated rings. The van der Waals surface area contributed by atoms with E-state index in [-0.39, 0.29) is 0 Å². The predicted octanol–water partition coefficient (Wildman–Crippen LogP) is 1.95. The Kier molecular flexibility index (Phi) is 3.97. The molecule has 0 aromatic rings. The normalized spacial score (nSPS) is 44.2. The van der Waals surface area contributed by atoms with Crippen LogP contribution in [0.25, 0.3) is 0 Å². The fraction of sp³-hybridized carbons (Fsp3) is 1.00. The first-order valence-electron chi connectivity index (χ1n) is 6.29. The third-order valence-electron chi connectivity index (χ3n) is 3.81. The van der Waals surface area contributed by atoms with Gasteiger partial charge in [0, 0.05) is 36.5 Å². The largest absolute Gasteiger partial charge is 0.311 e. The van der Waals surface area contributed by atoms with Gasteiger partial charge in [-0.05, 0) is 32.4 Å². The summed E-state index contributed by atoms with van der Waals surface area (Å²) >= 11 is 2.16. The summed E-state index contributed by atoms with van der Waals surface area (Å²) in [7, 11) is 0. The van der Waals surface area contributed by atoms with Crippen LogP contribution in [0.1, 0.15) is 33.6 Å². The maximum atomic E-state index is 3.57. The van der Waals surface area contributed by atoms with E-state index in [9.17, 15) is 0 Å². The van der Waals surface area contributed by atoms with E-state index in [1.54, 1.807) is 0 Å². The van der Waals surface area contributed by atoms with Crippen molar-refractivity contribution in [3.8, 4) is 0 Å². The second-order valence-electron chi connectivity index (χ2n) is 5.14. The van der Waals surface area contributed by atoms with E-state index in [1.807, 2.05) is 0 Å². The minimum Gasteiger partial charge on any atom is -0.311 e. The molecule has 4 atom stereocenters. The van der Waals surface area contributed by atoms with Gasteiger partial charge in [0.15, 0.2) is 0 Å². The average Bonchev–Trinajstić information content (AvgIpc) is 2.23. The van der Waals surface area contributed by atoms with E-state index in [2.05, 4.69) is 42.7 Å². The summed E-state index contributed by atoms with van der Waals surface area (Å²) in [6.45, 7) is 9.48. The second-order valence-corrected chi connectivity index (χ2v) is 6.63. The van der Waals surface area contributed by atoms with Gasteiger partial charge in [-0.25, -0.2) is 0 Å². The Morgan fingerprint density at radius 1 is 1.27 bits per heavy atom. The lowest BCUT2D eigenvalue weighted by Gasteiger charge is -2.46.